The minimum absolute atomic E-state index is 0.567. The highest BCUT2D eigenvalue weighted by Gasteiger charge is 2.24. The van der Waals surface area contributed by atoms with Gasteiger partial charge in [0.2, 0.25) is 0 Å². The fourth-order valence-corrected chi connectivity index (χ4v) is 3.66. The van der Waals surface area contributed by atoms with E-state index in [2.05, 4.69) is 48.8 Å². The third-order valence-electron chi connectivity index (χ3n) is 4.58. The molecule has 1 aliphatic carbocycles. The van der Waals surface area contributed by atoms with Gasteiger partial charge in [-0.15, -0.1) is 6.58 Å². The van der Waals surface area contributed by atoms with Crippen molar-refractivity contribution >= 4 is 23.0 Å². The van der Waals surface area contributed by atoms with E-state index >= 15 is 0 Å². The van der Waals surface area contributed by atoms with Gasteiger partial charge in [0.15, 0.2) is 5.11 Å². The molecule has 22 heavy (non-hydrogen) atoms. The lowest BCUT2D eigenvalue weighted by molar-refractivity contribution is 0.347. The van der Waals surface area contributed by atoms with Crippen molar-refractivity contribution in [2.24, 2.45) is 0 Å². The summed E-state index contributed by atoms with van der Waals surface area (Å²) in [6.45, 7) is 9.12. The first-order valence-electron chi connectivity index (χ1n) is 8.50. The molecule has 0 bridgehead atoms. The van der Waals surface area contributed by atoms with Gasteiger partial charge in [-0.3, -0.25) is 0 Å². The van der Waals surface area contributed by atoms with Crippen LogP contribution in [-0.2, 0) is 12.8 Å². The predicted molar refractivity (Wildman–Crippen MR) is 101 cm³/mol. The molecule has 0 saturated heterocycles. The number of aryl methyl sites for hydroxylation is 2. The predicted octanol–water partition coefficient (Wildman–Crippen LogP) is 4.94. The molecule has 120 valence electrons. The Morgan fingerprint density at radius 3 is 2.36 bits per heavy atom. The lowest BCUT2D eigenvalue weighted by Gasteiger charge is -2.31. The molecule has 1 aromatic carbocycles. The standard InChI is InChI=1S/C19H28N2S/c1-4-14-21(17-12-7-8-13-17)19(22)20-18-15(5-2)10-9-11-16(18)6-3/h4,9-11,17H,1,5-8,12-14H2,2-3H3,(H,20,22). The third-order valence-corrected chi connectivity index (χ3v) is 4.92. The molecule has 0 radical (unpaired) electrons. The molecule has 1 fully saturated rings. The molecule has 0 unspecified atom stereocenters. The molecule has 1 N–H and O–H groups in total. The van der Waals surface area contributed by atoms with Crippen LogP contribution in [-0.4, -0.2) is 22.6 Å². The normalized spacial score (nSPS) is 14.8. The number of rotatable bonds is 6. The molecular weight excluding hydrogens is 288 g/mol. The van der Waals surface area contributed by atoms with Crippen LogP contribution in [0.1, 0.15) is 50.7 Å². The van der Waals surface area contributed by atoms with Crippen molar-refractivity contribution in [3.8, 4) is 0 Å². The van der Waals surface area contributed by atoms with Gasteiger partial charge < -0.3 is 10.2 Å². The summed E-state index contributed by atoms with van der Waals surface area (Å²) in [6.07, 6.45) is 9.10. The number of hydrogen-bond donors (Lipinski definition) is 1. The van der Waals surface area contributed by atoms with Crippen LogP contribution in [0.4, 0.5) is 5.69 Å². The molecule has 0 heterocycles. The minimum atomic E-state index is 0.567. The Morgan fingerprint density at radius 1 is 1.27 bits per heavy atom. The summed E-state index contributed by atoms with van der Waals surface area (Å²) in [4.78, 5) is 2.32. The van der Waals surface area contributed by atoms with Gasteiger partial charge in [-0.1, -0.05) is 51.0 Å². The van der Waals surface area contributed by atoms with E-state index in [1.165, 1.54) is 42.5 Å². The van der Waals surface area contributed by atoms with Crippen molar-refractivity contribution in [3.05, 3.63) is 42.0 Å². The van der Waals surface area contributed by atoms with Crippen molar-refractivity contribution in [1.82, 2.24) is 4.90 Å². The molecule has 1 aromatic rings. The number of nitrogens with zero attached hydrogens (tertiary/aromatic N) is 1. The maximum absolute atomic E-state index is 5.74. The lowest BCUT2D eigenvalue weighted by atomic mass is 10.0. The van der Waals surface area contributed by atoms with E-state index in [0.29, 0.717) is 6.04 Å². The molecule has 0 amide bonds. The molecule has 2 rings (SSSR count). The van der Waals surface area contributed by atoms with E-state index in [1.807, 2.05) is 6.08 Å². The van der Waals surface area contributed by atoms with E-state index in [-0.39, 0.29) is 0 Å². The Morgan fingerprint density at radius 2 is 1.86 bits per heavy atom. The number of para-hydroxylation sites is 1. The van der Waals surface area contributed by atoms with Gasteiger partial charge >= 0.3 is 0 Å². The third kappa shape index (κ3) is 3.89. The summed E-state index contributed by atoms with van der Waals surface area (Å²) in [5.74, 6) is 0. The van der Waals surface area contributed by atoms with E-state index in [0.717, 1.165) is 24.5 Å². The first kappa shape index (κ1) is 17.0. The van der Waals surface area contributed by atoms with Gasteiger partial charge in [0.25, 0.3) is 0 Å². The van der Waals surface area contributed by atoms with Gasteiger partial charge in [0.05, 0.1) is 0 Å². The second kappa shape index (κ2) is 8.33. The monoisotopic (exact) mass is 316 g/mol. The van der Waals surface area contributed by atoms with E-state index in [1.54, 1.807) is 0 Å². The fraction of sp³-hybridized carbons (Fsp3) is 0.526. The Bertz CT molecular complexity index is 496. The Hall–Kier alpha value is -1.35. The van der Waals surface area contributed by atoms with E-state index in [4.69, 9.17) is 12.2 Å². The summed E-state index contributed by atoms with van der Waals surface area (Å²) in [7, 11) is 0. The van der Waals surface area contributed by atoms with Gasteiger partial charge in [-0.2, -0.15) is 0 Å². The van der Waals surface area contributed by atoms with Crippen molar-refractivity contribution in [2.75, 3.05) is 11.9 Å². The van der Waals surface area contributed by atoms with Crippen LogP contribution in [0.5, 0.6) is 0 Å². The Balaban J connectivity index is 2.20. The summed E-state index contributed by atoms with van der Waals surface area (Å²) in [6, 6.07) is 7.09. The summed E-state index contributed by atoms with van der Waals surface area (Å²) in [5.41, 5.74) is 3.89. The largest absolute Gasteiger partial charge is 0.342 e. The maximum Gasteiger partial charge on any atom is 0.173 e. The second-order valence-corrected chi connectivity index (χ2v) is 6.35. The molecule has 2 nitrogen and oxygen atoms in total. The number of thiocarbonyl (C=S) groups is 1. The van der Waals surface area contributed by atoms with Gasteiger partial charge in [0.1, 0.15) is 0 Å². The summed E-state index contributed by atoms with van der Waals surface area (Å²) < 4.78 is 0. The highest BCUT2D eigenvalue weighted by molar-refractivity contribution is 7.80. The molecule has 0 atom stereocenters. The molecule has 0 spiro atoms. The van der Waals surface area contributed by atoms with Crippen LogP contribution in [0.15, 0.2) is 30.9 Å². The van der Waals surface area contributed by atoms with Crippen LogP contribution in [0.2, 0.25) is 0 Å². The van der Waals surface area contributed by atoms with E-state index < -0.39 is 0 Å². The SMILES string of the molecule is C=CCN(C(=S)Nc1c(CC)cccc1CC)C1CCCC1. The molecule has 1 aliphatic rings. The highest BCUT2D eigenvalue weighted by Crippen LogP contribution is 2.26. The fourth-order valence-electron chi connectivity index (χ4n) is 3.33. The lowest BCUT2D eigenvalue weighted by Crippen LogP contribution is -2.41. The average molecular weight is 317 g/mol. The average Bonchev–Trinajstić information content (AvgIpc) is 3.06. The summed E-state index contributed by atoms with van der Waals surface area (Å²) >= 11 is 5.74. The quantitative estimate of drug-likeness (QED) is 0.591. The zero-order chi connectivity index (χ0) is 15.9. The van der Waals surface area contributed by atoms with Crippen molar-refractivity contribution in [3.63, 3.8) is 0 Å². The zero-order valence-corrected chi connectivity index (χ0v) is 14.7. The second-order valence-electron chi connectivity index (χ2n) is 5.97. The smallest absolute Gasteiger partial charge is 0.173 e. The molecule has 0 aromatic heterocycles. The van der Waals surface area contributed by atoms with Crippen LogP contribution < -0.4 is 5.32 Å². The molecular formula is C19H28N2S. The first-order valence-corrected chi connectivity index (χ1v) is 8.91. The van der Waals surface area contributed by atoms with Crippen molar-refractivity contribution in [2.45, 2.75) is 58.4 Å². The minimum Gasteiger partial charge on any atom is -0.342 e. The number of nitrogens with one attached hydrogen (secondary N) is 1. The Kier molecular flexibility index (Phi) is 6.44. The van der Waals surface area contributed by atoms with Crippen LogP contribution >= 0.6 is 12.2 Å². The van der Waals surface area contributed by atoms with Gasteiger partial charge in [0, 0.05) is 18.3 Å². The van der Waals surface area contributed by atoms with Crippen LogP contribution in [0.3, 0.4) is 0 Å². The van der Waals surface area contributed by atoms with Crippen molar-refractivity contribution < 1.29 is 0 Å². The topological polar surface area (TPSA) is 15.3 Å². The Labute approximate surface area is 140 Å². The van der Waals surface area contributed by atoms with E-state index in [9.17, 15) is 0 Å². The highest BCUT2D eigenvalue weighted by atomic mass is 32.1. The number of benzene rings is 1. The molecule has 1 saturated carbocycles. The maximum atomic E-state index is 5.74. The number of anilines is 1. The summed E-state index contributed by atoms with van der Waals surface area (Å²) in [5, 5.41) is 4.40. The molecule has 3 heteroatoms. The van der Waals surface area contributed by atoms with Crippen LogP contribution in [0, 0.1) is 0 Å². The number of hydrogen-bond acceptors (Lipinski definition) is 1. The molecule has 0 aliphatic heterocycles. The first-order chi connectivity index (χ1) is 10.7. The van der Waals surface area contributed by atoms with Gasteiger partial charge in [-0.25, -0.2) is 0 Å². The van der Waals surface area contributed by atoms with Crippen molar-refractivity contribution in [1.29, 1.82) is 0 Å². The van der Waals surface area contributed by atoms with Gasteiger partial charge in [-0.05, 0) is 49.0 Å². The van der Waals surface area contributed by atoms with Crippen LogP contribution in [0.25, 0.3) is 0 Å². The zero-order valence-electron chi connectivity index (χ0n) is 13.9.